The summed E-state index contributed by atoms with van der Waals surface area (Å²) in [7, 11) is 0. The molecule has 0 saturated heterocycles. The number of aromatic nitrogens is 2. The van der Waals surface area contributed by atoms with Crippen molar-refractivity contribution in [2.45, 2.75) is 25.4 Å². The molecule has 4 rings (SSSR count). The number of halogens is 1. The Balaban J connectivity index is 1.66. The van der Waals surface area contributed by atoms with Gasteiger partial charge in [-0.3, -0.25) is 9.59 Å². The maximum Gasteiger partial charge on any atom is 0.274 e. The van der Waals surface area contributed by atoms with Crippen molar-refractivity contribution in [3.63, 3.8) is 0 Å². The maximum atomic E-state index is 14.0. The number of benzene rings is 2. The molecule has 3 aromatic rings. The first-order valence-corrected chi connectivity index (χ1v) is 8.83. The van der Waals surface area contributed by atoms with Gasteiger partial charge in [0.25, 0.3) is 11.5 Å². The Morgan fingerprint density at radius 1 is 1.04 bits per heavy atom. The van der Waals surface area contributed by atoms with Crippen molar-refractivity contribution in [2.24, 2.45) is 0 Å². The minimum absolute atomic E-state index is 0.0796. The summed E-state index contributed by atoms with van der Waals surface area (Å²) in [5.74, 6) is -0.636. The van der Waals surface area contributed by atoms with Crippen molar-refractivity contribution in [3.05, 3.63) is 94.2 Å². The van der Waals surface area contributed by atoms with Gasteiger partial charge in [0, 0.05) is 24.2 Å². The first-order chi connectivity index (χ1) is 13.1. The summed E-state index contributed by atoms with van der Waals surface area (Å²) < 4.78 is 15.2. The molecule has 0 atom stereocenters. The van der Waals surface area contributed by atoms with Crippen LogP contribution in [-0.4, -0.2) is 26.6 Å². The predicted octanol–water partition coefficient (Wildman–Crippen LogP) is 3.18. The summed E-state index contributed by atoms with van der Waals surface area (Å²) >= 11 is 0. The zero-order valence-electron chi connectivity index (χ0n) is 14.6. The van der Waals surface area contributed by atoms with Crippen LogP contribution in [0.2, 0.25) is 0 Å². The Hall–Kier alpha value is -3.28. The molecule has 1 aliphatic carbocycles. The molecule has 1 amide bonds. The third kappa shape index (κ3) is 3.65. The van der Waals surface area contributed by atoms with Crippen LogP contribution in [0.1, 0.15) is 28.9 Å². The number of carbonyl (C=O) groups excluding carboxylic acids is 1. The number of rotatable bonds is 5. The third-order valence-corrected chi connectivity index (χ3v) is 4.57. The van der Waals surface area contributed by atoms with Crippen molar-refractivity contribution in [1.82, 2.24) is 14.7 Å². The highest BCUT2D eigenvalue weighted by Crippen LogP contribution is 2.30. The number of amides is 1. The fourth-order valence-electron chi connectivity index (χ4n) is 2.99. The monoisotopic (exact) mass is 363 g/mol. The molecular weight excluding hydrogens is 345 g/mol. The smallest absolute Gasteiger partial charge is 0.274 e. The molecule has 0 bridgehead atoms. The van der Waals surface area contributed by atoms with Crippen molar-refractivity contribution in [2.75, 3.05) is 0 Å². The van der Waals surface area contributed by atoms with E-state index in [0.717, 1.165) is 12.8 Å². The van der Waals surface area contributed by atoms with Gasteiger partial charge in [-0.15, -0.1) is 0 Å². The Labute approximate surface area is 155 Å². The van der Waals surface area contributed by atoms with Gasteiger partial charge in [0.05, 0.1) is 5.69 Å². The molecule has 1 aliphatic rings. The molecule has 0 unspecified atom stereocenters. The largest absolute Gasteiger partial charge is 0.330 e. The number of carbonyl (C=O) groups is 1. The van der Waals surface area contributed by atoms with Crippen LogP contribution < -0.4 is 5.56 Å². The van der Waals surface area contributed by atoms with E-state index in [0.29, 0.717) is 11.3 Å². The summed E-state index contributed by atoms with van der Waals surface area (Å²) in [6.45, 7) is 0.183. The molecule has 6 heteroatoms. The van der Waals surface area contributed by atoms with Gasteiger partial charge in [-0.25, -0.2) is 4.39 Å². The predicted molar refractivity (Wildman–Crippen MR) is 99.1 cm³/mol. The zero-order chi connectivity index (χ0) is 18.8. The fraction of sp³-hybridized carbons (Fsp3) is 0.190. The third-order valence-electron chi connectivity index (χ3n) is 4.57. The number of nitrogens with zero attached hydrogens (tertiary/aromatic N) is 3. The molecule has 1 aromatic heterocycles. The van der Waals surface area contributed by atoms with Gasteiger partial charge >= 0.3 is 0 Å². The van der Waals surface area contributed by atoms with Crippen LogP contribution in [0.4, 0.5) is 4.39 Å². The zero-order valence-corrected chi connectivity index (χ0v) is 14.6. The normalized spacial score (nSPS) is 13.4. The Bertz CT molecular complexity index is 1030. The van der Waals surface area contributed by atoms with Gasteiger partial charge in [-0.1, -0.05) is 36.4 Å². The summed E-state index contributed by atoms with van der Waals surface area (Å²) in [6.07, 6.45) is 1.77. The van der Waals surface area contributed by atoms with Crippen LogP contribution in [0.25, 0.3) is 5.69 Å². The highest BCUT2D eigenvalue weighted by molar-refractivity contribution is 5.92. The lowest BCUT2D eigenvalue weighted by atomic mass is 10.2. The molecule has 0 spiro atoms. The Kier molecular flexibility index (Phi) is 4.54. The second-order valence-corrected chi connectivity index (χ2v) is 6.56. The Morgan fingerprint density at radius 3 is 2.44 bits per heavy atom. The number of hydrogen-bond acceptors (Lipinski definition) is 3. The minimum Gasteiger partial charge on any atom is -0.330 e. The van der Waals surface area contributed by atoms with E-state index in [4.69, 9.17) is 0 Å². The molecule has 136 valence electrons. The molecule has 1 fully saturated rings. The quantitative estimate of drug-likeness (QED) is 0.700. The molecule has 2 aromatic carbocycles. The summed E-state index contributed by atoms with van der Waals surface area (Å²) in [4.78, 5) is 26.9. The molecule has 1 saturated carbocycles. The summed E-state index contributed by atoms with van der Waals surface area (Å²) in [6, 6.07) is 18.2. The van der Waals surface area contributed by atoms with Gasteiger partial charge in [0.15, 0.2) is 0 Å². The van der Waals surface area contributed by atoms with E-state index >= 15 is 0 Å². The van der Waals surface area contributed by atoms with Crippen LogP contribution in [0, 0.1) is 5.82 Å². The van der Waals surface area contributed by atoms with Gasteiger partial charge in [-0.05, 0) is 37.1 Å². The van der Waals surface area contributed by atoms with Crippen LogP contribution >= 0.6 is 0 Å². The molecule has 5 nitrogen and oxygen atoms in total. The lowest BCUT2D eigenvalue weighted by Gasteiger charge is -2.22. The van der Waals surface area contributed by atoms with Crippen molar-refractivity contribution in [3.8, 4) is 5.69 Å². The van der Waals surface area contributed by atoms with E-state index in [1.54, 1.807) is 47.4 Å². The molecule has 27 heavy (non-hydrogen) atoms. The van der Waals surface area contributed by atoms with Crippen LogP contribution in [0.15, 0.2) is 71.5 Å². The van der Waals surface area contributed by atoms with Crippen LogP contribution in [0.5, 0.6) is 0 Å². The SMILES string of the molecule is O=C(c1ccc(=O)n(-c2ccccc2)n1)N(Cc1ccccc1F)C1CC1. The van der Waals surface area contributed by atoms with Crippen molar-refractivity contribution >= 4 is 5.91 Å². The first kappa shape index (κ1) is 17.1. The number of hydrogen-bond donors (Lipinski definition) is 0. The lowest BCUT2D eigenvalue weighted by molar-refractivity contribution is 0.0720. The van der Waals surface area contributed by atoms with E-state index in [1.165, 1.54) is 22.9 Å². The summed E-state index contributed by atoms with van der Waals surface area (Å²) in [5, 5.41) is 4.26. The van der Waals surface area contributed by atoms with E-state index in [1.807, 2.05) is 6.07 Å². The molecule has 0 radical (unpaired) electrons. The topological polar surface area (TPSA) is 55.2 Å². The van der Waals surface area contributed by atoms with Gasteiger partial charge in [-0.2, -0.15) is 9.78 Å². The highest BCUT2D eigenvalue weighted by atomic mass is 19.1. The van der Waals surface area contributed by atoms with E-state index < -0.39 is 0 Å². The minimum atomic E-state index is -0.335. The standard InChI is InChI=1S/C21H18FN3O2/c22-18-9-5-4-6-15(18)14-24(16-10-11-16)21(27)19-12-13-20(26)25(23-19)17-7-2-1-3-8-17/h1-9,12-13,16H,10-11,14H2. The second kappa shape index (κ2) is 7.15. The van der Waals surface area contributed by atoms with Crippen molar-refractivity contribution < 1.29 is 9.18 Å². The summed E-state index contributed by atoms with van der Waals surface area (Å²) in [5.41, 5.74) is 0.907. The number of para-hydroxylation sites is 1. The van der Waals surface area contributed by atoms with Crippen LogP contribution in [-0.2, 0) is 6.54 Å². The second-order valence-electron chi connectivity index (χ2n) is 6.56. The van der Waals surface area contributed by atoms with Crippen LogP contribution in [0.3, 0.4) is 0 Å². The molecule has 0 aliphatic heterocycles. The highest BCUT2D eigenvalue weighted by Gasteiger charge is 2.34. The average Bonchev–Trinajstić information content (AvgIpc) is 3.53. The fourth-order valence-corrected chi connectivity index (χ4v) is 2.99. The maximum absolute atomic E-state index is 14.0. The van der Waals surface area contributed by atoms with E-state index in [2.05, 4.69) is 5.10 Å². The van der Waals surface area contributed by atoms with Gasteiger partial charge in [0.2, 0.25) is 0 Å². The van der Waals surface area contributed by atoms with Crippen molar-refractivity contribution in [1.29, 1.82) is 0 Å². The lowest BCUT2D eigenvalue weighted by Crippen LogP contribution is -2.35. The van der Waals surface area contributed by atoms with Gasteiger partial charge < -0.3 is 4.90 Å². The first-order valence-electron chi connectivity index (χ1n) is 8.83. The Morgan fingerprint density at radius 2 is 1.74 bits per heavy atom. The molecule has 0 N–H and O–H groups in total. The van der Waals surface area contributed by atoms with E-state index in [9.17, 15) is 14.0 Å². The molecular formula is C21H18FN3O2. The van der Waals surface area contributed by atoms with E-state index in [-0.39, 0.29) is 35.6 Å². The average molecular weight is 363 g/mol. The molecule has 1 heterocycles. The van der Waals surface area contributed by atoms with Gasteiger partial charge in [0.1, 0.15) is 11.5 Å².